The summed E-state index contributed by atoms with van der Waals surface area (Å²) in [6, 6.07) is 0. The third-order valence-electron chi connectivity index (χ3n) is 4.14. The third-order valence-corrected chi connectivity index (χ3v) is 4.14. The van der Waals surface area contributed by atoms with Crippen LogP contribution in [-0.4, -0.2) is 73.4 Å². The number of likely N-dealkylation sites (N-methyl/N-ethyl adjacent to an activating group) is 1. The monoisotopic (exact) mass is 270 g/mol. The van der Waals surface area contributed by atoms with E-state index in [9.17, 15) is 9.90 Å². The molecule has 1 amide bonds. The molecule has 2 saturated heterocycles. The first kappa shape index (κ1) is 14.8. The fourth-order valence-corrected chi connectivity index (χ4v) is 3.04. The van der Waals surface area contributed by atoms with Gasteiger partial charge in [0.1, 0.15) is 0 Å². The average molecular weight is 270 g/mol. The zero-order valence-corrected chi connectivity index (χ0v) is 12.1. The Morgan fingerprint density at radius 1 is 1.42 bits per heavy atom. The van der Waals surface area contributed by atoms with Crippen molar-refractivity contribution < 1.29 is 14.6 Å². The van der Waals surface area contributed by atoms with E-state index in [1.807, 2.05) is 23.9 Å². The van der Waals surface area contributed by atoms with Crippen LogP contribution in [0, 0.1) is 5.92 Å². The molecule has 0 aromatic rings. The fraction of sp³-hybridized carbons (Fsp3) is 0.929. The number of hydrogen-bond donors (Lipinski definition) is 1. The highest BCUT2D eigenvalue weighted by Gasteiger charge is 2.34. The second kappa shape index (κ2) is 6.20. The van der Waals surface area contributed by atoms with Crippen LogP contribution in [0.25, 0.3) is 0 Å². The second-order valence-electron chi connectivity index (χ2n) is 6.28. The molecule has 110 valence electrons. The van der Waals surface area contributed by atoms with Gasteiger partial charge in [0.25, 0.3) is 0 Å². The van der Waals surface area contributed by atoms with E-state index in [4.69, 9.17) is 4.74 Å². The Labute approximate surface area is 115 Å². The van der Waals surface area contributed by atoms with Crippen LogP contribution in [-0.2, 0) is 9.53 Å². The minimum Gasteiger partial charge on any atom is -0.388 e. The van der Waals surface area contributed by atoms with E-state index in [-0.39, 0.29) is 5.91 Å². The van der Waals surface area contributed by atoms with Crippen molar-refractivity contribution in [2.75, 3.05) is 46.9 Å². The van der Waals surface area contributed by atoms with Crippen molar-refractivity contribution in [2.24, 2.45) is 5.92 Å². The van der Waals surface area contributed by atoms with Crippen molar-refractivity contribution in [3.05, 3.63) is 0 Å². The Kier molecular flexibility index (Phi) is 4.81. The molecule has 2 aliphatic rings. The normalized spacial score (nSPS) is 26.9. The van der Waals surface area contributed by atoms with Crippen molar-refractivity contribution in [1.82, 2.24) is 9.80 Å². The van der Waals surface area contributed by atoms with Crippen LogP contribution >= 0.6 is 0 Å². The summed E-state index contributed by atoms with van der Waals surface area (Å²) in [6.45, 7) is 3.55. The maximum Gasteiger partial charge on any atom is 0.222 e. The van der Waals surface area contributed by atoms with Crippen LogP contribution in [0.4, 0.5) is 0 Å². The van der Waals surface area contributed by atoms with Gasteiger partial charge in [0, 0.05) is 39.3 Å². The molecular weight excluding hydrogens is 244 g/mol. The summed E-state index contributed by atoms with van der Waals surface area (Å²) in [5.41, 5.74) is -0.628. The predicted molar refractivity (Wildman–Crippen MR) is 72.9 cm³/mol. The topological polar surface area (TPSA) is 53.0 Å². The Morgan fingerprint density at radius 2 is 2.11 bits per heavy atom. The number of aliphatic hydroxyl groups is 1. The van der Waals surface area contributed by atoms with E-state index in [0.29, 0.717) is 44.8 Å². The smallest absolute Gasteiger partial charge is 0.222 e. The summed E-state index contributed by atoms with van der Waals surface area (Å²) >= 11 is 0. The zero-order chi connectivity index (χ0) is 13.9. The molecule has 0 radical (unpaired) electrons. The molecule has 0 aromatic carbocycles. The van der Waals surface area contributed by atoms with E-state index in [1.165, 1.54) is 0 Å². The lowest BCUT2D eigenvalue weighted by atomic mass is 9.90. The van der Waals surface area contributed by atoms with Crippen LogP contribution in [0.15, 0.2) is 0 Å². The molecule has 0 aliphatic carbocycles. The zero-order valence-electron chi connectivity index (χ0n) is 12.1. The molecule has 5 nitrogen and oxygen atoms in total. The average Bonchev–Trinajstić information content (AvgIpc) is 2.81. The van der Waals surface area contributed by atoms with Gasteiger partial charge in [0.05, 0.1) is 5.60 Å². The number of nitrogens with zero attached hydrogens (tertiary/aromatic N) is 2. The van der Waals surface area contributed by atoms with Gasteiger partial charge in [-0.1, -0.05) is 0 Å². The lowest BCUT2D eigenvalue weighted by Crippen LogP contribution is -2.51. The van der Waals surface area contributed by atoms with Crippen molar-refractivity contribution in [1.29, 1.82) is 0 Å². The third kappa shape index (κ3) is 4.16. The number of rotatable bonds is 4. The highest BCUT2D eigenvalue weighted by atomic mass is 16.5. The van der Waals surface area contributed by atoms with Crippen molar-refractivity contribution in [3.63, 3.8) is 0 Å². The summed E-state index contributed by atoms with van der Waals surface area (Å²) in [7, 11) is 3.94. The van der Waals surface area contributed by atoms with Crippen LogP contribution in [0.2, 0.25) is 0 Å². The highest BCUT2D eigenvalue weighted by Crippen LogP contribution is 2.25. The van der Waals surface area contributed by atoms with Crippen LogP contribution in [0.1, 0.15) is 25.7 Å². The first-order valence-electron chi connectivity index (χ1n) is 7.21. The number of likely N-dealkylation sites (tertiary alicyclic amines) is 1. The number of ether oxygens (including phenoxy) is 1. The second-order valence-corrected chi connectivity index (χ2v) is 6.28. The van der Waals surface area contributed by atoms with Gasteiger partial charge in [-0.25, -0.2) is 0 Å². The van der Waals surface area contributed by atoms with E-state index in [1.54, 1.807) is 0 Å². The van der Waals surface area contributed by atoms with Crippen molar-refractivity contribution in [3.8, 4) is 0 Å². The van der Waals surface area contributed by atoms with Gasteiger partial charge in [0.2, 0.25) is 5.91 Å². The minimum absolute atomic E-state index is 0.224. The lowest BCUT2D eigenvalue weighted by molar-refractivity contribution is -0.136. The maximum absolute atomic E-state index is 12.2. The van der Waals surface area contributed by atoms with Gasteiger partial charge in [0.15, 0.2) is 0 Å². The molecule has 2 aliphatic heterocycles. The molecule has 0 unspecified atom stereocenters. The summed E-state index contributed by atoms with van der Waals surface area (Å²) < 4.78 is 5.31. The largest absolute Gasteiger partial charge is 0.388 e. The summed E-state index contributed by atoms with van der Waals surface area (Å²) in [5, 5.41) is 10.4. The van der Waals surface area contributed by atoms with E-state index in [0.717, 1.165) is 19.6 Å². The molecular formula is C14H26N2O3. The number of piperidine rings is 1. The van der Waals surface area contributed by atoms with Crippen molar-refractivity contribution in [2.45, 2.75) is 31.3 Å². The molecule has 2 heterocycles. The molecule has 5 heteroatoms. The molecule has 0 saturated carbocycles. The van der Waals surface area contributed by atoms with Crippen LogP contribution in [0.3, 0.4) is 0 Å². The molecule has 0 aromatic heterocycles. The molecule has 1 N–H and O–H groups in total. The van der Waals surface area contributed by atoms with Gasteiger partial charge >= 0.3 is 0 Å². The SMILES string of the molecule is CN(C)CC1(O)CCN(C(=O)C[C@@H]2CCOC2)CC1. The van der Waals surface area contributed by atoms with Gasteiger partial charge in [-0.3, -0.25) is 4.79 Å². The molecule has 2 fully saturated rings. The van der Waals surface area contributed by atoms with Gasteiger partial charge in [-0.05, 0) is 39.3 Å². The molecule has 1 atom stereocenters. The fourth-order valence-electron chi connectivity index (χ4n) is 3.04. The highest BCUT2D eigenvalue weighted by molar-refractivity contribution is 5.76. The molecule has 0 bridgehead atoms. The van der Waals surface area contributed by atoms with E-state index < -0.39 is 5.60 Å². The Balaban J connectivity index is 1.77. The predicted octanol–water partition coefficient (Wildman–Crippen LogP) is 0.328. The van der Waals surface area contributed by atoms with Gasteiger partial charge in [-0.2, -0.15) is 0 Å². The van der Waals surface area contributed by atoms with E-state index >= 15 is 0 Å². The minimum atomic E-state index is -0.628. The van der Waals surface area contributed by atoms with Gasteiger partial charge < -0.3 is 19.6 Å². The van der Waals surface area contributed by atoms with E-state index in [2.05, 4.69) is 0 Å². The Bertz CT molecular complexity index is 306. The standard InChI is InChI=1S/C14H26N2O3/c1-15(2)11-14(18)4-6-16(7-5-14)13(17)9-12-3-8-19-10-12/h12,18H,3-11H2,1-2H3/t12-/m0/s1. The quantitative estimate of drug-likeness (QED) is 0.800. The summed E-state index contributed by atoms with van der Waals surface area (Å²) in [4.78, 5) is 16.1. The number of carbonyl (C=O) groups excluding carboxylic acids is 1. The van der Waals surface area contributed by atoms with Crippen molar-refractivity contribution >= 4 is 5.91 Å². The van der Waals surface area contributed by atoms with Gasteiger partial charge in [-0.15, -0.1) is 0 Å². The first-order valence-corrected chi connectivity index (χ1v) is 7.21. The Morgan fingerprint density at radius 3 is 2.63 bits per heavy atom. The number of amides is 1. The first-order chi connectivity index (χ1) is 8.98. The van der Waals surface area contributed by atoms with Crippen LogP contribution < -0.4 is 0 Å². The number of carbonyl (C=O) groups is 1. The summed E-state index contributed by atoms with van der Waals surface area (Å²) in [5.74, 6) is 0.623. The maximum atomic E-state index is 12.2. The Hall–Kier alpha value is -0.650. The molecule has 19 heavy (non-hydrogen) atoms. The molecule has 2 rings (SSSR count). The van der Waals surface area contributed by atoms with Crippen LogP contribution in [0.5, 0.6) is 0 Å². The number of hydrogen-bond acceptors (Lipinski definition) is 4. The lowest BCUT2D eigenvalue weighted by Gasteiger charge is -2.39. The summed E-state index contributed by atoms with van der Waals surface area (Å²) in [6.07, 6.45) is 2.96. The molecule has 0 spiro atoms.